The third-order valence-electron chi connectivity index (χ3n) is 13.8. The van der Waals surface area contributed by atoms with Crippen LogP contribution in [0.3, 0.4) is 0 Å². The van der Waals surface area contributed by atoms with Gasteiger partial charge < -0.3 is 85.1 Å². The van der Waals surface area contributed by atoms with Crippen molar-refractivity contribution in [2.24, 2.45) is 0 Å². The zero-order valence-electron chi connectivity index (χ0n) is 44.7. The first kappa shape index (κ1) is 61.9. The van der Waals surface area contributed by atoms with Gasteiger partial charge in [-0.1, -0.05) is 119 Å². The molecule has 11 atom stereocenters. The summed E-state index contributed by atoms with van der Waals surface area (Å²) < 4.78 is 76.2. The maximum atomic E-state index is 13.0. The normalized spacial score (nSPS) is 22.7. The fourth-order valence-corrected chi connectivity index (χ4v) is 16.0. The standard InChI is InChI=1S/C27H29N7O9P2.C24H27N5O10P2/c28-27-30-24-21(25(37)31-27)32(12-17-6-8-19(9-7-17)18-4-2-1-3-5-18)15-34(24)26-23(36)22(35)20(43-26)13-42-45(40,41)16-44(38,39)33-11-10-29-14-33;25-24-26-21-18(22(32)27-24)28(10-14-6-8-16(9-7-14)15-4-2-1-3-5-15)12-29(21)23-20(31)19(30)17(39-23)11-38-41(36,37)13-40(33,34)35/h1-11,14-15,20,22-23,26,35-36H,12-13,16H2,(H4-,28,30,31,37,38,39,40,41);1-9,12,17,19-20,23,30-31H,10-11,13H2,(H5-,25,26,27,32,33,34,35,36,37)/t20-,22-,23-,26-;17-,19-,20-,23-/m11/s1. The van der Waals surface area contributed by atoms with Gasteiger partial charge in [0.2, 0.25) is 12.5 Å². The molecule has 0 saturated carbocycles. The molecule has 11 rings (SSSR count). The highest BCUT2D eigenvalue weighted by molar-refractivity contribution is 7.72. The van der Waals surface area contributed by atoms with Gasteiger partial charge in [0.25, 0.3) is 11.9 Å². The van der Waals surface area contributed by atoms with Crippen LogP contribution >= 0.6 is 30.3 Å². The Morgan fingerprint density at radius 3 is 1.33 bits per heavy atom. The van der Waals surface area contributed by atoms with Crippen LogP contribution in [0.15, 0.2) is 141 Å². The van der Waals surface area contributed by atoms with Crippen molar-refractivity contribution in [2.45, 2.75) is 62.2 Å². The van der Waals surface area contributed by atoms with Crippen LogP contribution in [0.5, 0.6) is 11.8 Å². The fourth-order valence-electron chi connectivity index (χ4n) is 9.77. The molecule has 2 aliphatic heterocycles. The average Bonchev–Trinajstić information content (AvgIpc) is 1.87. The number of rotatable bonds is 19. The largest absolute Gasteiger partial charge is 0.856 e. The summed E-state index contributed by atoms with van der Waals surface area (Å²) in [5.74, 6) is -4.54. The lowest BCUT2D eigenvalue weighted by Gasteiger charge is -2.19. The molecule has 4 aromatic carbocycles. The van der Waals surface area contributed by atoms with Crippen molar-refractivity contribution in [3.63, 3.8) is 0 Å². The first-order valence-corrected chi connectivity index (χ1v) is 32.9. The second-order valence-corrected chi connectivity index (χ2v) is 28.5. The molecule has 7 heterocycles. The molecule has 0 radical (unpaired) electrons. The Morgan fingerprint density at radius 1 is 0.547 bits per heavy atom. The number of aliphatic hydroxyl groups excluding tert-OH is 4. The summed E-state index contributed by atoms with van der Waals surface area (Å²) in [5, 5.41) is 68.8. The molecule has 0 aliphatic carbocycles. The predicted molar refractivity (Wildman–Crippen MR) is 298 cm³/mol. The van der Waals surface area contributed by atoms with E-state index in [1.165, 1.54) is 34.2 Å². The number of nitrogens with two attached hydrogens (primary N) is 2. The third kappa shape index (κ3) is 14.0. The highest BCUT2D eigenvalue weighted by Gasteiger charge is 2.50. The van der Waals surface area contributed by atoms with Crippen LogP contribution < -0.4 is 30.8 Å². The maximum Gasteiger partial charge on any atom is 0.340 e. The lowest BCUT2D eigenvalue weighted by molar-refractivity contribution is -0.746. The number of aliphatic hydroxyl groups is 4. The van der Waals surface area contributed by atoms with Crippen LogP contribution in [-0.4, -0.2) is 145 Å². The molecule has 0 spiro atoms. The van der Waals surface area contributed by atoms with Gasteiger partial charge in [0.1, 0.15) is 48.9 Å². The molecule has 0 amide bonds. The van der Waals surface area contributed by atoms with Gasteiger partial charge in [0, 0.05) is 24.2 Å². The predicted octanol–water partition coefficient (Wildman–Crippen LogP) is 0.845. The molecule has 9 aromatic rings. The van der Waals surface area contributed by atoms with Crippen LogP contribution in [0.2, 0.25) is 0 Å². The van der Waals surface area contributed by atoms with Crippen molar-refractivity contribution >= 4 is 64.5 Å². The number of ether oxygens (including phenoxy) is 2. The zero-order chi connectivity index (χ0) is 61.5. The number of benzene rings is 4. The quantitative estimate of drug-likeness (QED) is 0.0395. The number of nitrogen functional groups attached to an aromatic ring is 2. The minimum atomic E-state index is -4.87. The number of hydrogen-bond acceptors (Lipinski definition) is 21. The monoisotopic (exact) mass is 1260 g/mol. The van der Waals surface area contributed by atoms with E-state index in [0.29, 0.717) is 0 Å². The zero-order valence-corrected chi connectivity index (χ0v) is 48.2. The minimum Gasteiger partial charge on any atom is -0.856 e. The lowest BCUT2D eigenvalue weighted by Crippen LogP contribution is -2.46. The van der Waals surface area contributed by atoms with Crippen LogP contribution in [0.4, 0.5) is 11.9 Å². The SMILES string of the molecule is Nc1nc([O-])c2c(n1)[n+]([C@@H]1O[C@H](COP(=O)(O)CP(=O)(O)O)[C@@H](O)[C@H]1O)cn2Cc1ccc(-c2ccccc2)cc1.Nc1nc([O-])c2c(n1)[n+]([C@@H]1O[C@H](COP(=O)(O)CP(=O)(O)n3ccnc3)[C@@H](O)[C@H]1O)cn2Cc1ccc(-c2ccccc2)cc1. The lowest BCUT2D eigenvalue weighted by atomic mass is 10.0. The van der Waals surface area contributed by atoms with Gasteiger partial charge >= 0.3 is 41.6 Å². The van der Waals surface area contributed by atoms with Crippen molar-refractivity contribution < 1.29 is 101 Å². The van der Waals surface area contributed by atoms with Crippen LogP contribution in [0.1, 0.15) is 23.6 Å². The van der Waals surface area contributed by atoms with Crippen LogP contribution in [0, 0.1) is 0 Å². The van der Waals surface area contributed by atoms with E-state index in [1.54, 1.807) is 9.13 Å². The highest BCUT2D eigenvalue weighted by Crippen LogP contribution is 2.58. The van der Waals surface area contributed by atoms with Gasteiger partial charge in [0.15, 0.2) is 29.6 Å². The number of anilines is 2. The van der Waals surface area contributed by atoms with Gasteiger partial charge in [-0.2, -0.15) is 0 Å². The van der Waals surface area contributed by atoms with Crippen molar-refractivity contribution in [2.75, 3.05) is 36.5 Å². The molecule has 86 heavy (non-hydrogen) atoms. The molecular weight excluding hydrogens is 1210 g/mol. The van der Waals surface area contributed by atoms with Crippen molar-refractivity contribution in [3.05, 3.63) is 152 Å². The summed E-state index contributed by atoms with van der Waals surface area (Å²) in [6.45, 7) is -1.05. The molecule has 13 N–H and O–H groups in total. The maximum absolute atomic E-state index is 13.0. The Balaban J connectivity index is 0.000000192. The van der Waals surface area contributed by atoms with E-state index in [1.807, 2.05) is 109 Å². The van der Waals surface area contributed by atoms with Gasteiger partial charge in [-0.15, -0.1) is 0 Å². The molecule has 2 aliphatic rings. The first-order chi connectivity index (χ1) is 40.7. The molecule has 2 fully saturated rings. The summed E-state index contributed by atoms with van der Waals surface area (Å²) in [5.41, 5.74) is 17.4. The molecule has 0 bridgehead atoms. The summed E-state index contributed by atoms with van der Waals surface area (Å²) in [4.78, 5) is 67.6. The Morgan fingerprint density at radius 2 is 0.942 bits per heavy atom. The van der Waals surface area contributed by atoms with Gasteiger partial charge in [-0.3, -0.25) is 31.7 Å². The smallest absolute Gasteiger partial charge is 0.340 e. The number of imidazole rings is 3. The van der Waals surface area contributed by atoms with Gasteiger partial charge in [-0.25, -0.2) is 24.1 Å². The van der Waals surface area contributed by atoms with Gasteiger partial charge in [-0.05, 0) is 33.4 Å². The average molecular weight is 1260 g/mol. The van der Waals surface area contributed by atoms with E-state index >= 15 is 0 Å². The first-order valence-electron chi connectivity index (χ1n) is 25.8. The van der Waals surface area contributed by atoms with E-state index < -0.39 is 116 Å². The summed E-state index contributed by atoms with van der Waals surface area (Å²) >= 11 is 0. The fraction of sp³-hybridized carbons (Fsp3) is 0.275. The molecule has 31 nitrogen and oxygen atoms in total. The topological polar surface area (TPSA) is 472 Å². The van der Waals surface area contributed by atoms with Crippen LogP contribution in [0.25, 0.3) is 44.6 Å². The van der Waals surface area contributed by atoms with E-state index in [4.69, 9.17) is 39.8 Å². The Bertz CT molecular complexity index is 4070. The second-order valence-electron chi connectivity index (χ2n) is 20.1. The number of hydrogen-bond donors (Lipinski definition) is 11. The molecule has 3 unspecified atom stereocenters. The van der Waals surface area contributed by atoms with E-state index in [2.05, 4.69) is 24.9 Å². The van der Waals surface area contributed by atoms with E-state index in [9.17, 15) is 63.6 Å². The van der Waals surface area contributed by atoms with Crippen molar-refractivity contribution in [1.29, 1.82) is 0 Å². The summed E-state index contributed by atoms with van der Waals surface area (Å²) in [7, 11) is -18.6. The van der Waals surface area contributed by atoms with Crippen molar-refractivity contribution in [3.8, 4) is 34.0 Å². The molecular formula is C51H56N12O19P4. The number of nitrogens with zero attached hydrogens (tertiary/aromatic N) is 10. The highest BCUT2D eigenvalue weighted by atomic mass is 31.2. The Hall–Kier alpha value is -7.21. The summed E-state index contributed by atoms with van der Waals surface area (Å²) in [6.07, 6.45) is -5.43. The number of aromatic nitrogens is 10. The van der Waals surface area contributed by atoms with Crippen LogP contribution in [-0.2, 0) is 49.9 Å². The van der Waals surface area contributed by atoms with Gasteiger partial charge in [0.05, 0.1) is 26.3 Å². The molecule has 35 heteroatoms. The molecule has 5 aromatic heterocycles. The minimum absolute atomic E-state index is 0.00977. The van der Waals surface area contributed by atoms with Crippen molar-refractivity contribution in [1.82, 2.24) is 38.4 Å². The summed E-state index contributed by atoms with van der Waals surface area (Å²) in [6, 6.07) is 35.0. The Kier molecular flexibility index (Phi) is 17.9. The van der Waals surface area contributed by atoms with E-state index in [0.717, 1.165) is 44.0 Å². The molecule has 2 saturated heterocycles. The number of fused-ring (bicyclic) bond motifs is 2. The second kappa shape index (κ2) is 24.9. The third-order valence-corrected chi connectivity index (χ3v) is 21.7. The van der Waals surface area contributed by atoms with E-state index in [-0.39, 0.29) is 47.3 Å². The molecule has 454 valence electrons. The Labute approximate surface area is 486 Å².